The number of aryl methyl sites for hydroxylation is 1. The normalized spacial score (nSPS) is 17.2. The van der Waals surface area contributed by atoms with Gasteiger partial charge in [-0.15, -0.1) is 0 Å². The predicted molar refractivity (Wildman–Crippen MR) is 154 cm³/mol. The number of pyridine rings is 2. The third kappa shape index (κ3) is 4.83. The quantitative estimate of drug-likeness (QED) is 0.298. The van der Waals surface area contributed by atoms with E-state index in [2.05, 4.69) is 94.8 Å². The maximum atomic E-state index is 5.88. The van der Waals surface area contributed by atoms with Crippen molar-refractivity contribution >= 4 is 23.0 Å². The second-order valence-corrected chi connectivity index (χ2v) is 9.81. The van der Waals surface area contributed by atoms with Gasteiger partial charge in [-0.3, -0.25) is 9.97 Å². The number of hydrogen-bond acceptors (Lipinski definition) is 4. The Morgan fingerprint density at radius 2 is 1.62 bits per heavy atom. The molecule has 0 bridgehead atoms. The van der Waals surface area contributed by atoms with Crippen molar-refractivity contribution in [3.8, 4) is 5.69 Å². The number of thiocarbonyl (C=S) groups is 1. The summed E-state index contributed by atoms with van der Waals surface area (Å²) in [6.07, 6.45) is 3.68. The third-order valence-corrected chi connectivity index (χ3v) is 7.63. The zero-order chi connectivity index (χ0) is 25.9. The monoisotopic (exact) mass is 510 g/mol. The lowest BCUT2D eigenvalue weighted by Gasteiger charge is -2.28. The van der Waals surface area contributed by atoms with Gasteiger partial charge in [0.05, 0.1) is 30.0 Å². The molecule has 0 saturated carbocycles. The fourth-order valence-electron chi connectivity index (χ4n) is 5.47. The standard InChI is InChI=1S/C30H34N6S/c1-5-34(6-2)24-13-15-25(16-14-24)36-21(3)19-26(22(36)4)29-28(27-12-8-10-18-32-27)33-30(37)35(29)20-23-11-7-9-17-31-23/h7-19,28-29H,5-6,20H2,1-4H3,(H,33,37). The van der Waals surface area contributed by atoms with Crippen LogP contribution in [0.25, 0.3) is 5.69 Å². The van der Waals surface area contributed by atoms with Gasteiger partial charge in [0.25, 0.3) is 0 Å². The third-order valence-electron chi connectivity index (χ3n) is 7.28. The number of hydrogen-bond donors (Lipinski definition) is 1. The largest absolute Gasteiger partial charge is 0.372 e. The highest BCUT2D eigenvalue weighted by atomic mass is 32.1. The van der Waals surface area contributed by atoms with Gasteiger partial charge >= 0.3 is 0 Å². The Labute approximate surface area is 225 Å². The van der Waals surface area contributed by atoms with Crippen molar-refractivity contribution in [2.24, 2.45) is 0 Å². The number of anilines is 1. The summed E-state index contributed by atoms with van der Waals surface area (Å²) in [5, 5.41) is 4.29. The molecule has 3 aromatic heterocycles. The lowest BCUT2D eigenvalue weighted by molar-refractivity contribution is 0.307. The summed E-state index contributed by atoms with van der Waals surface area (Å²) >= 11 is 5.88. The zero-order valence-electron chi connectivity index (χ0n) is 21.9. The SMILES string of the molecule is CCN(CC)c1ccc(-n2c(C)cc(C3C(c4ccccn4)NC(=S)N3Cc3ccccn3)c2C)cc1. The summed E-state index contributed by atoms with van der Waals surface area (Å²) in [5.74, 6) is 0. The molecule has 1 aliphatic heterocycles. The molecule has 7 heteroatoms. The molecule has 0 amide bonds. The van der Waals surface area contributed by atoms with Crippen LogP contribution in [0.2, 0.25) is 0 Å². The van der Waals surface area contributed by atoms with Crippen LogP contribution in [0, 0.1) is 13.8 Å². The Morgan fingerprint density at radius 1 is 0.919 bits per heavy atom. The Balaban J connectivity index is 1.56. The van der Waals surface area contributed by atoms with Crippen LogP contribution in [0.5, 0.6) is 0 Å². The van der Waals surface area contributed by atoms with Crippen molar-refractivity contribution in [1.82, 2.24) is 24.8 Å². The van der Waals surface area contributed by atoms with E-state index in [0.717, 1.165) is 35.3 Å². The lowest BCUT2D eigenvalue weighted by Crippen LogP contribution is -2.29. The molecule has 4 heterocycles. The van der Waals surface area contributed by atoms with Gasteiger partial charge < -0.3 is 19.7 Å². The minimum atomic E-state index is -0.0589. The molecule has 1 N–H and O–H groups in total. The van der Waals surface area contributed by atoms with Gasteiger partial charge in [0.15, 0.2) is 5.11 Å². The molecule has 37 heavy (non-hydrogen) atoms. The van der Waals surface area contributed by atoms with E-state index in [1.165, 1.54) is 22.6 Å². The topological polar surface area (TPSA) is 49.2 Å². The molecule has 4 aromatic rings. The highest BCUT2D eigenvalue weighted by Crippen LogP contribution is 2.42. The van der Waals surface area contributed by atoms with Gasteiger partial charge in [0, 0.05) is 48.2 Å². The average Bonchev–Trinajstić information content (AvgIpc) is 3.40. The second kappa shape index (κ2) is 10.7. The number of aromatic nitrogens is 3. The van der Waals surface area contributed by atoms with Gasteiger partial charge in [-0.25, -0.2) is 0 Å². The molecule has 0 aliphatic carbocycles. The van der Waals surface area contributed by atoms with Gasteiger partial charge in [-0.05, 0) is 100 Å². The maximum absolute atomic E-state index is 5.88. The summed E-state index contributed by atoms with van der Waals surface area (Å²) in [6.45, 7) is 11.4. The number of nitrogens with one attached hydrogen (secondary N) is 1. The van der Waals surface area contributed by atoms with Crippen LogP contribution >= 0.6 is 12.2 Å². The van der Waals surface area contributed by atoms with Crippen LogP contribution < -0.4 is 10.2 Å². The van der Waals surface area contributed by atoms with Crippen LogP contribution in [0.1, 0.15) is 54.3 Å². The number of nitrogens with zero attached hydrogens (tertiary/aromatic N) is 5. The minimum Gasteiger partial charge on any atom is -0.372 e. The van der Waals surface area contributed by atoms with Crippen molar-refractivity contribution < 1.29 is 0 Å². The molecular formula is C30H34N6S. The van der Waals surface area contributed by atoms with Crippen LogP contribution in [0.4, 0.5) is 5.69 Å². The van der Waals surface area contributed by atoms with Gasteiger partial charge in [0.1, 0.15) is 0 Å². The Morgan fingerprint density at radius 3 is 2.24 bits per heavy atom. The van der Waals surface area contributed by atoms with Crippen LogP contribution in [-0.2, 0) is 6.54 Å². The Kier molecular flexibility index (Phi) is 7.24. The predicted octanol–water partition coefficient (Wildman–Crippen LogP) is 5.90. The molecular weight excluding hydrogens is 476 g/mol. The molecule has 0 spiro atoms. The van der Waals surface area contributed by atoms with Crippen LogP contribution in [-0.4, -0.2) is 37.6 Å². The summed E-state index contributed by atoms with van der Waals surface area (Å²) < 4.78 is 2.34. The molecule has 190 valence electrons. The highest BCUT2D eigenvalue weighted by Gasteiger charge is 2.41. The molecule has 2 unspecified atom stereocenters. The van der Waals surface area contributed by atoms with E-state index in [1.807, 2.05) is 36.7 Å². The zero-order valence-corrected chi connectivity index (χ0v) is 22.7. The van der Waals surface area contributed by atoms with Crippen molar-refractivity contribution in [3.05, 3.63) is 107 Å². The smallest absolute Gasteiger partial charge is 0.170 e. The van der Waals surface area contributed by atoms with Crippen LogP contribution in [0.15, 0.2) is 79.1 Å². The summed E-state index contributed by atoms with van der Waals surface area (Å²) in [7, 11) is 0. The first-order chi connectivity index (χ1) is 18.0. The van der Waals surface area contributed by atoms with E-state index in [4.69, 9.17) is 17.2 Å². The summed E-state index contributed by atoms with van der Waals surface area (Å²) in [6, 6.07) is 23.2. The summed E-state index contributed by atoms with van der Waals surface area (Å²) in [4.78, 5) is 13.9. The van der Waals surface area contributed by atoms with Crippen molar-refractivity contribution in [2.75, 3.05) is 18.0 Å². The molecule has 2 atom stereocenters. The average molecular weight is 511 g/mol. The van der Waals surface area contributed by atoms with Crippen LogP contribution in [0.3, 0.4) is 0 Å². The first-order valence-electron chi connectivity index (χ1n) is 12.9. The number of benzene rings is 1. The van der Waals surface area contributed by atoms with E-state index in [0.29, 0.717) is 6.54 Å². The maximum Gasteiger partial charge on any atom is 0.170 e. The van der Waals surface area contributed by atoms with Gasteiger partial charge in [0.2, 0.25) is 0 Å². The highest BCUT2D eigenvalue weighted by molar-refractivity contribution is 7.80. The first kappa shape index (κ1) is 25.0. The van der Waals surface area contributed by atoms with E-state index in [9.17, 15) is 0 Å². The van der Waals surface area contributed by atoms with Gasteiger partial charge in [-0.1, -0.05) is 12.1 Å². The van der Waals surface area contributed by atoms with Crippen molar-refractivity contribution in [3.63, 3.8) is 0 Å². The van der Waals surface area contributed by atoms with Gasteiger partial charge in [-0.2, -0.15) is 0 Å². The lowest BCUT2D eigenvalue weighted by atomic mass is 9.96. The molecule has 1 saturated heterocycles. The summed E-state index contributed by atoms with van der Waals surface area (Å²) in [5.41, 5.74) is 8.01. The van der Waals surface area contributed by atoms with Crippen molar-refractivity contribution in [1.29, 1.82) is 0 Å². The van der Waals surface area contributed by atoms with E-state index in [-0.39, 0.29) is 12.1 Å². The minimum absolute atomic E-state index is 0.0145. The molecule has 6 nitrogen and oxygen atoms in total. The second-order valence-electron chi connectivity index (χ2n) is 9.43. The Hall–Kier alpha value is -3.71. The molecule has 5 rings (SSSR count). The molecule has 0 radical (unpaired) electrons. The molecule has 1 aliphatic rings. The van der Waals surface area contributed by atoms with E-state index >= 15 is 0 Å². The van der Waals surface area contributed by atoms with Crippen molar-refractivity contribution in [2.45, 2.75) is 46.3 Å². The first-order valence-corrected chi connectivity index (χ1v) is 13.3. The fourth-order valence-corrected chi connectivity index (χ4v) is 5.77. The van der Waals surface area contributed by atoms with E-state index in [1.54, 1.807) is 0 Å². The Bertz CT molecular complexity index is 1350. The van der Waals surface area contributed by atoms with E-state index < -0.39 is 0 Å². The fraction of sp³-hybridized carbons (Fsp3) is 0.300. The number of rotatable bonds is 8. The molecule has 1 aromatic carbocycles. The molecule has 1 fully saturated rings.